The van der Waals surface area contributed by atoms with Crippen LogP contribution in [-0.4, -0.2) is 15.9 Å². The van der Waals surface area contributed by atoms with E-state index >= 15 is 0 Å². The van der Waals surface area contributed by atoms with Crippen molar-refractivity contribution in [1.82, 2.24) is 15.2 Å². The Bertz CT molecular complexity index is 550. The lowest BCUT2D eigenvalue weighted by atomic mass is 10.0. The number of rotatable bonds is 6. The minimum absolute atomic E-state index is 0.0917. The van der Waals surface area contributed by atoms with Gasteiger partial charge < -0.3 is 4.74 Å². The summed E-state index contributed by atoms with van der Waals surface area (Å²) in [6.45, 7) is 6.92. The molecule has 1 heterocycles. The fourth-order valence-electron chi connectivity index (χ4n) is 2.13. The van der Waals surface area contributed by atoms with Crippen molar-refractivity contribution in [3.05, 3.63) is 47.8 Å². The quantitative estimate of drug-likeness (QED) is 0.626. The Kier molecular flexibility index (Phi) is 4.76. The minimum Gasteiger partial charge on any atom is -0.491 e. The van der Waals surface area contributed by atoms with Gasteiger partial charge in [0, 0.05) is 18.3 Å². The molecule has 1 aromatic heterocycles. The zero-order valence-electron chi connectivity index (χ0n) is 12.2. The number of hydrogen-bond acceptors (Lipinski definition) is 4. The molecule has 0 aliphatic rings. The van der Waals surface area contributed by atoms with Gasteiger partial charge in [0.1, 0.15) is 5.75 Å². The third-order valence-electron chi connectivity index (χ3n) is 3.04. The van der Waals surface area contributed by atoms with Crippen LogP contribution in [-0.2, 0) is 6.54 Å². The zero-order chi connectivity index (χ0) is 14.5. The van der Waals surface area contributed by atoms with Crippen LogP contribution < -0.4 is 16.0 Å². The lowest BCUT2D eigenvalue weighted by Crippen LogP contribution is -2.28. The van der Waals surface area contributed by atoms with Gasteiger partial charge in [0.05, 0.1) is 18.3 Å². The normalized spacial score (nSPS) is 12.7. The van der Waals surface area contributed by atoms with E-state index in [1.54, 1.807) is 0 Å². The third kappa shape index (κ3) is 3.37. The Labute approximate surface area is 119 Å². The molecule has 0 saturated carbocycles. The van der Waals surface area contributed by atoms with E-state index in [0.29, 0.717) is 0 Å². The van der Waals surface area contributed by atoms with E-state index in [1.807, 2.05) is 55.2 Å². The van der Waals surface area contributed by atoms with Crippen molar-refractivity contribution in [1.29, 1.82) is 0 Å². The summed E-state index contributed by atoms with van der Waals surface area (Å²) in [5, 5.41) is 4.29. The van der Waals surface area contributed by atoms with Crippen LogP contribution in [0.2, 0.25) is 0 Å². The fourth-order valence-corrected chi connectivity index (χ4v) is 2.13. The van der Waals surface area contributed by atoms with E-state index < -0.39 is 0 Å². The van der Waals surface area contributed by atoms with Crippen molar-refractivity contribution >= 4 is 0 Å². The molecular formula is C15H22N4O. The highest BCUT2D eigenvalue weighted by Crippen LogP contribution is 2.24. The number of ether oxygens (including phenoxy) is 1. The molecule has 5 heteroatoms. The first kappa shape index (κ1) is 14.6. The van der Waals surface area contributed by atoms with Gasteiger partial charge in [0.2, 0.25) is 0 Å². The summed E-state index contributed by atoms with van der Waals surface area (Å²) in [6, 6.07) is 7.87. The first-order valence-electron chi connectivity index (χ1n) is 6.89. The molecule has 2 aromatic rings. The van der Waals surface area contributed by atoms with Crippen molar-refractivity contribution < 1.29 is 4.74 Å². The molecule has 0 bridgehead atoms. The highest BCUT2D eigenvalue weighted by atomic mass is 16.5. The lowest BCUT2D eigenvalue weighted by Gasteiger charge is -2.17. The van der Waals surface area contributed by atoms with Crippen LogP contribution in [0.15, 0.2) is 36.7 Å². The SMILES string of the molecule is CCn1cc(C(NN)c2cccc(OC(C)C)c2)cn1. The molecule has 0 amide bonds. The second-order valence-electron chi connectivity index (χ2n) is 4.97. The molecule has 0 aliphatic carbocycles. The first-order valence-corrected chi connectivity index (χ1v) is 6.89. The predicted octanol–water partition coefficient (Wildman–Crippen LogP) is 2.24. The van der Waals surface area contributed by atoms with Crippen LogP contribution in [0.4, 0.5) is 0 Å². The number of benzene rings is 1. The Morgan fingerprint density at radius 3 is 2.75 bits per heavy atom. The number of hydrogen-bond donors (Lipinski definition) is 2. The number of hydrazine groups is 1. The van der Waals surface area contributed by atoms with Crippen molar-refractivity contribution in [2.75, 3.05) is 0 Å². The van der Waals surface area contributed by atoms with E-state index in [1.165, 1.54) is 0 Å². The molecule has 0 fully saturated rings. The Morgan fingerprint density at radius 1 is 1.35 bits per heavy atom. The summed E-state index contributed by atoms with van der Waals surface area (Å²) in [5.74, 6) is 6.56. The van der Waals surface area contributed by atoms with Crippen molar-refractivity contribution in [3.63, 3.8) is 0 Å². The fraction of sp³-hybridized carbons (Fsp3) is 0.400. The molecule has 1 atom stereocenters. The number of nitrogens with two attached hydrogens (primary N) is 1. The predicted molar refractivity (Wildman–Crippen MR) is 79.3 cm³/mol. The van der Waals surface area contributed by atoms with Crippen LogP contribution >= 0.6 is 0 Å². The smallest absolute Gasteiger partial charge is 0.120 e. The van der Waals surface area contributed by atoms with Gasteiger partial charge in [-0.2, -0.15) is 5.10 Å². The Hall–Kier alpha value is -1.85. The molecule has 0 aliphatic heterocycles. The van der Waals surface area contributed by atoms with E-state index in [0.717, 1.165) is 23.4 Å². The van der Waals surface area contributed by atoms with Gasteiger partial charge in [0.15, 0.2) is 0 Å². The molecule has 20 heavy (non-hydrogen) atoms. The summed E-state index contributed by atoms with van der Waals surface area (Å²) in [5.41, 5.74) is 4.94. The lowest BCUT2D eigenvalue weighted by molar-refractivity contribution is 0.242. The second kappa shape index (κ2) is 6.54. The average Bonchev–Trinajstić information content (AvgIpc) is 2.88. The standard InChI is InChI=1S/C15H22N4O/c1-4-19-10-13(9-17-19)15(18-16)12-6-5-7-14(8-12)20-11(2)3/h5-11,15,18H,4,16H2,1-3H3. The number of nitrogens with one attached hydrogen (secondary N) is 1. The third-order valence-corrected chi connectivity index (χ3v) is 3.04. The van der Waals surface area contributed by atoms with Gasteiger partial charge in [-0.3, -0.25) is 10.5 Å². The van der Waals surface area contributed by atoms with Gasteiger partial charge in [-0.1, -0.05) is 12.1 Å². The molecule has 108 valence electrons. The number of aryl methyl sites for hydroxylation is 1. The van der Waals surface area contributed by atoms with E-state index in [2.05, 4.69) is 17.4 Å². The van der Waals surface area contributed by atoms with Gasteiger partial charge in [-0.25, -0.2) is 5.43 Å². The van der Waals surface area contributed by atoms with Gasteiger partial charge in [0.25, 0.3) is 0 Å². The molecule has 0 saturated heterocycles. The summed E-state index contributed by atoms with van der Waals surface area (Å²) in [6.07, 6.45) is 3.99. The monoisotopic (exact) mass is 274 g/mol. The highest BCUT2D eigenvalue weighted by molar-refractivity contribution is 5.35. The van der Waals surface area contributed by atoms with Crippen molar-refractivity contribution in [2.24, 2.45) is 5.84 Å². The zero-order valence-corrected chi connectivity index (χ0v) is 12.2. The Morgan fingerprint density at radius 2 is 2.15 bits per heavy atom. The minimum atomic E-state index is -0.0917. The van der Waals surface area contributed by atoms with Gasteiger partial charge >= 0.3 is 0 Å². The maximum absolute atomic E-state index is 5.72. The van der Waals surface area contributed by atoms with E-state index in [4.69, 9.17) is 10.6 Å². The van der Waals surface area contributed by atoms with Crippen molar-refractivity contribution in [2.45, 2.75) is 39.5 Å². The molecule has 0 spiro atoms. The Balaban J connectivity index is 2.26. The average molecular weight is 274 g/mol. The molecular weight excluding hydrogens is 252 g/mol. The topological polar surface area (TPSA) is 65.1 Å². The largest absolute Gasteiger partial charge is 0.491 e. The maximum atomic E-state index is 5.72. The van der Waals surface area contributed by atoms with Crippen LogP contribution in [0.3, 0.4) is 0 Å². The first-order chi connectivity index (χ1) is 9.63. The second-order valence-corrected chi connectivity index (χ2v) is 4.97. The van der Waals surface area contributed by atoms with E-state index in [-0.39, 0.29) is 12.1 Å². The van der Waals surface area contributed by atoms with Crippen LogP contribution in [0.1, 0.15) is 37.9 Å². The molecule has 3 N–H and O–H groups in total. The highest BCUT2D eigenvalue weighted by Gasteiger charge is 2.15. The molecule has 1 unspecified atom stereocenters. The number of nitrogens with zero attached hydrogens (tertiary/aromatic N) is 2. The van der Waals surface area contributed by atoms with Crippen molar-refractivity contribution in [3.8, 4) is 5.75 Å². The van der Waals surface area contributed by atoms with Crippen LogP contribution in [0.5, 0.6) is 5.75 Å². The molecule has 2 rings (SSSR count). The summed E-state index contributed by atoms with van der Waals surface area (Å²) in [7, 11) is 0. The van der Waals surface area contributed by atoms with Gasteiger partial charge in [-0.05, 0) is 38.5 Å². The molecule has 0 radical (unpaired) electrons. The summed E-state index contributed by atoms with van der Waals surface area (Å²) < 4.78 is 7.61. The molecule has 1 aromatic carbocycles. The summed E-state index contributed by atoms with van der Waals surface area (Å²) >= 11 is 0. The maximum Gasteiger partial charge on any atom is 0.120 e. The van der Waals surface area contributed by atoms with Crippen LogP contribution in [0, 0.1) is 0 Å². The molecule has 5 nitrogen and oxygen atoms in total. The summed E-state index contributed by atoms with van der Waals surface area (Å²) in [4.78, 5) is 0. The van der Waals surface area contributed by atoms with Gasteiger partial charge in [-0.15, -0.1) is 0 Å². The number of aromatic nitrogens is 2. The van der Waals surface area contributed by atoms with E-state index in [9.17, 15) is 0 Å². The van der Waals surface area contributed by atoms with Crippen LogP contribution in [0.25, 0.3) is 0 Å².